The second-order valence-corrected chi connectivity index (χ2v) is 6.82. The smallest absolute Gasteiger partial charge is 0.244 e. The zero-order chi connectivity index (χ0) is 19.6. The molecule has 142 valence electrons. The molecule has 2 N–H and O–H groups in total. The average molecular weight is 364 g/mol. The van der Waals surface area contributed by atoms with Crippen molar-refractivity contribution in [1.82, 2.24) is 10.6 Å². The van der Waals surface area contributed by atoms with Crippen LogP contribution in [0.1, 0.15) is 37.0 Å². The SMILES string of the molecule is CC[C@H](C)[C@H](NC(=O)/C=C/c1ccc(C)cc1)C(=O)NCc1ccccc1. The minimum Gasteiger partial charge on any atom is -0.350 e. The molecule has 27 heavy (non-hydrogen) atoms. The highest BCUT2D eigenvalue weighted by atomic mass is 16.2. The number of carbonyl (C=O) groups excluding carboxylic acids is 2. The molecule has 0 aromatic heterocycles. The molecule has 2 atom stereocenters. The second-order valence-electron chi connectivity index (χ2n) is 6.82. The van der Waals surface area contributed by atoms with Crippen LogP contribution in [0.3, 0.4) is 0 Å². The van der Waals surface area contributed by atoms with Crippen LogP contribution in [0.5, 0.6) is 0 Å². The molecule has 0 heterocycles. The Kier molecular flexibility index (Phi) is 7.80. The summed E-state index contributed by atoms with van der Waals surface area (Å²) in [6, 6.07) is 17.1. The highest BCUT2D eigenvalue weighted by Gasteiger charge is 2.24. The lowest BCUT2D eigenvalue weighted by Crippen LogP contribution is -2.49. The van der Waals surface area contributed by atoms with Crippen LogP contribution < -0.4 is 10.6 Å². The van der Waals surface area contributed by atoms with Crippen LogP contribution in [-0.2, 0) is 16.1 Å². The van der Waals surface area contributed by atoms with Crippen molar-refractivity contribution < 1.29 is 9.59 Å². The number of carbonyl (C=O) groups is 2. The van der Waals surface area contributed by atoms with E-state index in [1.165, 1.54) is 11.6 Å². The van der Waals surface area contributed by atoms with E-state index in [0.29, 0.717) is 6.54 Å². The Bertz CT molecular complexity index is 767. The van der Waals surface area contributed by atoms with Crippen LogP contribution in [0.25, 0.3) is 6.08 Å². The van der Waals surface area contributed by atoms with Crippen LogP contribution in [-0.4, -0.2) is 17.9 Å². The van der Waals surface area contributed by atoms with Crippen molar-refractivity contribution in [3.05, 3.63) is 77.4 Å². The Hall–Kier alpha value is -2.88. The Morgan fingerprint density at radius 1 is 1.04 bits per heavy atom. The molecule has 2 rings (SSSR count). The molecule has 0 fully saturated rings. The van der Waals surface area contributed by atoms with Gasteiger partial charge in [-0.2, -0.15) is 0 Å². The number of amides is 2. The normalized spacial score (nSPS) is 13.1. The summed E-state index contributed by atoms with van der Waals surface area (Å²) < 4.78 is 0. The lowest BCUT2D eigenvalue weighted by molar-refractivity contribution is -0.128. The fraction of sp³-hybridized carbons (Fsp3) is 0.304. The van der Waals surface area contributed by atoms with Crippen LogP contribution >= 0.6 is 0 Å². The van der Waals surface area contributed by atoms with Gasteiger partial charge in [-0.1, -0.05) is 80.4 Å². The van der Waals surface area contributed by atoms with Crippen LogP contribution in [0.4, 0.5) is 0 Å². The number of hydrogen-bond acceptors (Lipinski definition) is 2. The number of aryl methyl sites for hydroxylation is 1. The molecule has 0 aliphatic rings. The monoisotopic (exact) mass is 364 g/mol. The van der Waals surface area contributed by atoms with Crippen molar-refractivity contribution in [1.29, 1.82) is 0 Å². The van der Waals surface area contributed by atoms with Crippen LogP contribution in [0.2, 0.25) is 0 Å². The Morgan fingerprint density at radius 2 is 1.70 bits per heavy atom. The standard InChI is InChI=1S/C23H28N2O2/c1-4-18(3)22(23(27)24-16-20-8-6-5-7-9-20)25-21(26)15-14-19-12-10-17(2)11-13-19/h5-15,18,22H,4,16H2,1-3H3,(H,24,27)(H,25,26)/b15-14+/t18-,22-/m0/s1. The van der Waals surface area contributed by atoms with E-state index in [9.17, 15) is 9.59 Å². The van der Waals surface area contributed by atoms with Gasteiger partial charge in [-0.25, -0.2) is 0 Å². The van der Waals surface area contributed by atoms with Crippen molar-refractivity contribution in [2.45, 2.75) is 39.8 Å². The van der Waals surface area contributed by atoms with Crippen LogP contribution in [0, 0.1) is 12.8 Å². The first-order valence-electron chi connectivity index (χ1n) is 9.36. The maximum absolute atomic E-state index is 12.6. The molecule has 0 radical (unpaired) electrons. The van der Waals surface area contributed by atoms with Gasteiger partial charge in [-0.05, 0) is 30.0 Å². The van der Waals surface area contributed by atoms with Crippen LogP contribution in [0.15, 0.2) is 60.7 Å². The third kappa shape index (κ3) is 6.74. The maximum Gasteiger partial charge on any atom is 0.244 e. The first-order chi connectivity index (χ1) is 13.0. The molecular formula is C23H28N2O2. The predicted molar refractivity (Wildman–Crippen MR) is 110 cm³/mol. The summed E-state index contributed by atoms with van der Waals surface area (Å²) in [6.45, 7) is 6.44. The summed E-state index contributed by atoms with van der Waals surface area (Å²) in [5.74, 6) is -0.390. The molecule has 4 heteroatoms. The first-order valence-corrected chi connectivity index (χ1v) is 9.36. The van der Waals surface area contributed by atoms with E-state index in [4.69, 9.17) is 0 Å². The molecule has 2 aromatic rings. The van der Waals surface area contributed by atoms with Gasteiger partial charge in [-0.3, -0.25) is 9.59 Å². The summed E-state index contributed by atoms with van der Waals surface area (Å²) in [7, 11) is 0. The van der Waals surface area contributed by atoms with E-state index in [-0.39, 0.29) is 17.7 Å². The molecule has 2 aromatic carbocycles. The third-order valence-electron chi connectivity index (χ3n) is 4.61. The van der Waals surface area contributed by atoms with Gasteiger partial charge in [0.1, 0.15) is 6.04 Å². The molecule has 0 bridgehead atoms. The van der Waals surface area contributed by atoms with Crippen molar-refractivity contribution in [3.8, 4) is 0 Å². The van der Waals surface area contributed by atoms with Gasteiger partial charge in [-0.15, -0.1) is 0 Å². The Morgan fingerprint density at radius 3 is 2.33 bits per heavy atom. The van der Waals surface area contributed by atoms with Crippen molar-refractivity contribution in [2.24, 2.45) is 5.92 Å². The van der Waals surface area contributed by atoms with Gasteiger partial charge in [0.15, 0.2) is 0 Å². The molecule has 2 amide bonds. The van der Waals surface area contributed by atoms with E-state index in [1.807, 2.05) is 75.4 Å². The summed E-state index contributed by atoms with van der Waals surface area (Å²) in [5.41, 5.74) is 3.15. The summed E-state index contributed by atoms with van der Waals surface area (Å²) in [4.78, 5) is 24.9. The quantitative estimate of drug-likeness (QED) is 0.699. The molecular weight excluding hydrogens is 336 g/mol. The van der Waals surface area contributed by atoms with Crippen molar-refractivity contribution in [3.63, 3.8) is 0 Å². The zero-order valence-electron chi connectivity index (χ0n) is 16.2. The van der Waals surface area contributed by atoms with Gasteiger partial charge in [0.2, 0.25) is 11.8 Å². The van der Waals surface area contributed by atoms with Gasteiger partial charge < -0.3 is 10.6 Å². The molecule has 0 aliphatic carbocycles. The predicted octanol–water partition coefficient (Wildman–Crippen LogP) is 3.86. The fourth-order valence-corrected chi connectivity index (χ4v) is 2.65. The number of nitrogens with one attached hydrogen (secondary N) is 2. The highest BCUT2D eigenvalue weighted by Crippen LogP contribution is 2.10. The minimum absolute atomic E-state index is 0.0394. The van der Waals surface area contributed by atoms with E-state index < -0.39 is 6.04 Å². The number of rotatable bonds is 8. The molecule has 0 aliphatic heterocycles. The first kappa shape index (κ1) is 20.4. The topological polar surface area (TPSA) is 58.2 Å². The molecule has 0 unspecified atom stereocenters. The molecule has 0 saturated carbocycles. The molecule has 0 saturated heterocycles. The van der Waals surface area contributed by atoms with E-state index in [2.05, 4.69) is 10.6 Å². The van der Waals surface area contributed by atoms with E-state index in [1.54, 1.807) is 6.08 Å². The summed E-state index contributed by atoms with van der Waals surface area (Å²) in [6.07, 6.45) is 4.03. The fourth-order valence-electron chi connectivity index (χ4n) is 2.65. The minimum atomic E-state index is -0.561. The summed E-state index contributed by atoms with van der Waals surface area (Å²) in [5, 5.41) is 5.77. The van der Waals surface area contributed by atoms with Crippen molar-refractivity contribution in [2.75, 3.05) is 0 Å². The van der Waals surface area contributed by atoms with Gasteiger partial charge >= 0.3 is 0 Å². The largest absolute Gasteiger partial charge is 0.350 e. The number of hydrogen-bond donors (Lipinski definition) is 2. The highest BCUT2D eigenvalue weighted by molar-refractivity contribution is 5.95. The van der Waals surface area contributed by atoms with Crippen molar-refractivity contribution >= 4 is 17.9 Å². The molecule has 4 nitrogen and oxygen atoms in total. The Labute approximate surface area is 161 Å². The third-order valence-corrected chi connectivity index (χ3v) is 4.61. The second kappa shape index (κ2) is 10.3. The molecule has 0 spiro atoms. The summed E-state index contributed by atoms with van der Waals surface area (Å²) >= 11 is 0. The van der Waals surface area contributed by atoms with Gasteiger partial charge in [0.05, 0.1) is 0 Å². The van der Waals surface area contributed by atoms with Gasteiger partial charge in [0.25, 0.3) is 0 Å². The van der Waals surface area contributed by atoms with E-state index >= 15 is 0 Å². The average Bonchev–Trinajstić information content (AvgIpc) is 2.70. The number of benzene rings is 2. The van der Waals surface area contributed by atoms with Gasteiger partial charge in [0, 0.05) is 12.6 Å². The lowest BCUT2D eigenvalue weighted by Gasteiger charge is -2.23. The maximum atomic E-state index is 12.6. The van der Waals surface area contributed by atoms with E-state index in [0.717, 1.165) is 17.5 Å². The Balaban J connectivity index is 1.97. The lowest BCUT2D eigenvalue weighted by atomic mass is 9.98. The zero-order valence-corrected chi connectivity index (χ0v) is 16.2.